The molecule has 0 radical (unpaired) electrons. The number of benzene rings is 1. The summed E-state index contributed by atoms with van der Waals surface area (Å²) in [7, 11) is 1.80. The van der Waals surface area contributed by atoms with Gasteiger partial charge in [-0.2, -0.15) is 9.78 Å². The van der Waals surface area contributed by atoms with E-state index in [-0.39, 0.29) is 11.3 Å². The van der Waals surface area contributed by atoms with E-state index in [1.54, 1.807) is 17.8 Å². The molecule has 10 heteroatoms. The Morgan fingerprint density at radius 2 is 1.88 bits per heavy atom. The molecule has 3 heterocycles. The van der Waals surface area contributed by atoms with Crippen molar-refractivity contribution < 1.29 is 4.79 Å². The summed E-state index contributed by atoms with van der Waals surface area (Å²) < 4.78 is 1.72. The van der Waals surface area contributed by atoms with Gasteiger partial charge in [-0.25, -0.2) is 15.0 Å². The van der Waals surface area contributed by atoms with Gasteiger partial charge in [-0.1, -0.05) is 26.8 Å². The molecule has 0 atom stereocenters. The van der Waals surface area contributed by atoms with Gasteiger partial charge in [0.15, 0.2) is 10.9 Å². The molecule has 4 aromatic rings. The molecule has 3 aromatic heterocycles. The van der Waals surface area contributed by atoms with Crippen LogP contribution in [0.15, 0.2) is 42.0 Å². The van der Waals surface area contributed by atoms with E-state index in [4.69, 9.17) is 0 Å². The van der Waals surface area contributed by atoms with Crippen LogP contribution >= 0.6 is 11.3 Å². The molecule has 0 unspecified atom stereocenters. The molecule has 0 aliphatic heterocycles. The van der Waals surface area contributed by atoms with Crippen molar-refractivity contribution in [2.45, 2.75) is 40.0 Å². The Morgan fingerprint density at radius 3 is 2.59 bits per heavy atom. The molecule has 1 aromatic carbocycles. The minimum absolute atomic E-state index is 0.0703. The van der Waals surface area contributed by atoms with Gasteiger partial charge in [0.2, 0.25) is 0 Å². The van der Waals surface area contributed by atoms with Gasteiger partial charge in [0, 0.05) is 41.2 Å². The highest BCUT2D eigenvalue weighted by Gasteiger charge is 2.19. The first kappa shape index (κ1) is 23.4. The second-order valence-corrected chi connectivity index (χ2v) is 9.85. The van der Waals surface area contributed by atoms with E-state index < -0.39 is 0 Å². The van der Waals surface area contributed by atoms with Gasteiger partial charge in [-0.15, -0.1) is 11.3 Å². The third kappa shape index (κ3) is 5.07. The van der Waals surface area contributed by atoms with Crippen LogP contribution in [0.3, 0.4) is 0 Å². The molecule has 0 bridgehead atoms. The average Bonchev–Trinajstić information content (AvgIpc) is 3.41. The summed E-state index contributed by atoms with van der Waals surface area (Å²) in [6.07, 6.45) is 1.49. The van der Waals surface area contributed by atoms with E-state index in [9.17, 15) is 4.79 Å². The molecule has 1 amide bonds. The molecule has 0 saturated carbocycles. The Bertz CT molecular complexity index is 1330. The summed E-state index contributed by atoms with van der Waals surface area (Å²) in [4.78, 5) is 26.0. The number of hydrogen-bond donors (Lipinski definition) is 3. The third-order valence-electron chi connectivity index (χ3n) is 5.21. The Labute approximate surface area is 202 Å². The highest BCUT2D eigenvalue weighted by molar-refractivity contribution is 7.14. The molecule has 34 heavy (non-hydrogen) atoms. The lowest BCUT2D eigenvalue weighted by atomic mass is 9.93. The fraction of sp³-hybridized carbons (Fsp3) is 0.292. The largest absolute Gasteiger partial charge is 0.373 e. The average molecular weight is 477 g/mol. The van der Waals surface area contributed by atoms with Gasteiger partial charge in [0.1, 0.15) is 18.0 Å². The minimum Gasteiger partial charge on any atom is -0.373 e. The predicted molar refractivity (Wildman–Crippen MR) is 137 cm³/mol. The summed E-state index contributed by atoms with van der Waals surface area (Å²) in [5.41, 5.74) is 4.03. The summed E-state index contributed by atoms with van der Waals surface area (Å²) >= 11 is 1.43. The van der Waals surface area contributed by atoms with E-state index >= 15 is 0 Å². The molecule has 176 valence electrons. The molecule has 0 aliphatic rings. The van der Waals surface area contributed by atoms with E-state index in [1.807, 2.05) is 43.5 Å². The van der Waals surface area contributed by atoms with Crippen molar-refractivity contribution in [3.05, 3.63) is 64.6 Å². The van der Waals surface area contributed by atoms with Gasteiger partial charge in [0.25, 0.3) is 5.91 Å². The maximum absolute atomic E-state index is 12.9. The topological polar surface area (TPSA) is 110 Å². The van der Waals surface area contributed by atoms with E-state index in [1.165, 1.54) is 17.7 Å². The quantitative estimate of drug-likeness (QED) is 0.356. The number of nitrogens with zero attached hydrogens (tertiary/aromatic N) is 5. The molecule has 0 fully saturated rings. The number of rotatable bonds is 6. The van der Waals surface area contributed by atoms with Crippen molar-refractivity contribution in [2.24, 2.45) is 0 Å². The van der Waals surface area contributed by atoms with Crippen molar-refractivity contribution in [3.63, 3.8) is 0 Å². The van der Waals surface area contributed by atoms with Crippen molar-refractivity contribution in [1.82, 2.24) is 24.7 Å². The Morgan fingerprint density at radius 1 is 1.09 bits per heavy atom. The third-order valence-corrected chi connectivity index (χ3v) is 5.97. The van der Waals surface area contributed by atoms with Crippen molar-refractivity contribution in [1.29, 1.82) is 0 Å². The summed E-state index contributed by atoms with van der Waals surface area (Å²) in [6, 6.07) is 9.29. The highest BCUT2D eigenvalue weighted by Crippen LogP contribution is 2.28. The second kappa shape index (κ2) is 9.22. The second-order valence-electron chi connectivity index (χ2n) is 8.99. The fourth-order valence-electron chi connectivity index (χ4n) is 3.24. The first-order valence-electron chi connectivity index (χ1n) is 10.9. The lowest BCUT2D eigenvalue weighted by Gasteiger charge is -2.14. The van der Waals surface area contributed by atoms with Crippen molar-refractivity contribution >= 4 is 39.7 Å². The molecular formula is C24H28N8OS. The fourth-order valence-corrected chi connectivity index (χ4v) is 4.18. The van der Waals surface area contributed by atoms with Crippen molar-refractivity contribution in [2.75, 3.05) is 23.0 Å². The Kier molecular flexibility index (Phi) is 6.34. The smallest absolute Gasteiger partial charge is 0.257 e. The zero-order valence-corrected chi connectivity index (χ0v) is 20.9. The molecule has 9 nitrogen and oxygen atoms in total. The molecule has 4 rings (SSSR count). The molecular weight excluding hydrogens is 448 g/mol. The first-order chi connectivity index (χ1) is 16.1. The van der Waals surface area contributed by atoms with Gasteiger partial charge in [-0.05, 0) is 31.5 Å². The van der Waals surface area contributed by atoms with E-state index in [0.29, 0.717) is 22.3 Å². The summed E-state index contributed by atoms with van der Waals surface area (Å²) in [6.45, 7) is 10.2. The molecule has 0 aliphatic carbocycles. The normalized spacial score (nSPS) is 11.4. The first-order valence-corrected chi connectivity index (χ1v) is 11.7. The maximum atomic E-state index is 12.9. The van der Waals surface area contributed by atoms with Crippen LogP contribution in [0.25, 0.3) is 5.82 Å². The standard InChI is InChI=1S/C24H28N8OS/c1-14-7-8-16(22(33)30-23-29-18(12-34-23)24(3,4)5)10-17(14)28-21-9-15(2)31-32(21)20-11-19(25-6)26-13-27-20/h7-13,28H,1-6H3,(H,25,26,27)(H,29,30,33). The van der Waals surface area contributed by atoms with Crippen molar-refractivity contribution in [3.8, 4) is 5.82 Å². The molecule has 0 saturated heterocycles. The zero-order chi connectivity index (χ0) is 24.5. The lowest BCUT2D eigenvalue weighted by molar-refractivity contribution is 0.102. The van der Waals surface area contributed by atoms with Gasteiger partial charge >= 0.3 is 0 Å². The number of thiazole rings is 1. The lowest BCUT2D eigenvalue weighted by Crippen LogP contribution is -2.14. The Hall–Kier alpha value is -3.79. The van der Waals surface area contributed by atoms with Crippen LogP contribution in [0.2, 0.25) is 0 Å². The van der Waals surface area contributed by atoms with Crippen LogP contribution in [0, 0.1) is 13.8 Å². The van der Waals surface area contributed by atoms with Crippen LogP contribution in [0.4, 0.5) is 22.5 Å². The molecule has 3 N–H and O–H groups in total. The maximum Gasteiger partial charge on any atom is 0.257 e. The van der Waals surface area contributed by atoms with Gasteiger partial charge in [-0.3, -0.25) is 10.1 Å². The number of carbonyl (C=O) groups excluding carboxylic acids is 1. The number of aryl methyl sites for hydroxylation is 2. The molecule has 0 spiro atoms. The highest BCUT2D eigenvalue weighted by atomic mass is 32.1. The number of carbonyl (C=O) groups is 1. The summed E-state index contributed by atoms with van der Waals surface area (Å²) in [5, 5.41) is 16.5. The van der Waals surface area contributed by atoms with Crippen LogP contribution in [-0.2, 0) is 5.41 Å². The van der Waals surface area contributed by atoms with E-state index in [0.717, 1.165) is 28.5 Å². The van der Waals surface area contributed by atoms with Gasteiger partial charge < -0.3 is 10.6 Å². The number of aromatic nitrogens is 5. The predicted octanol–water partition coefficient (Wildman–Crippen LogP) is 5.07. The van der Waals surface area contributed by atoms with Gasteiger partial charge in [0.05, 0.1) is 11.4 Å². The van der Waals surface area contributed by atoms with E-state index in [2.05, 4.69) is 56.8 Å². The SMILES string of the molecule is CNc1cc(-n2nc(C)cc2Nc2cc(C(=O)Nc3nc(C(C)(C)C)cs3)ccc2C)ncn1. The number of anilines is 4. The number of amides is 1. The monoisotopic (exact) mass is 476 g/mol. The minimum atomic E-state index is -0.211. The zero-order valence-electron chi connectivity index (χ0n) is 20.1. The number of hydrogen-bond acceptors (Lipinski definition) is 8. The Balaban J connectivity index is 1.59. The van der Waals surface area contributed by atoms with Crippen LogP contribution in [-0.4, -0.2) is 37.7 Å². The van der Waals surface area contributed by atoms with Crippen LogP contribution < -0.4 is 16.0 Å². The number of nitrogens with one attached hydrogen (secondary N) is 3. The van der Waals surface area contributed by atoms with Crippen LogP contribution in [0.1, 0.15) is 48.1 Å². The summed E-state index contributed by atoms with van der Waals surface area (Å²) in [5.74, 6) is 1.83. The van der Waals surface area contributed by atoms with Crippen LogP contribution in [0.5, 0.6) is 0 Å².